The highest BCUT2D eigenvalue weighted by Gasteiger charge is 2.28. The standard InChI is InChI=1S/C13H16N2O2/c1-2-8-14-10-11(7-9-15(16)17)12-5-3-4-6-13(12)14/h2-6,11H,1,7-10H2. The number of hydrogen-bond donors (Lipinski definition) is 0. The maximum absolute atomic E-state index is 10.5. The molecular formula is C13H16N2O2. The Balaban J connectivity index is 2.16. The fourth-order valence-electron chi connectivity index (χ4n) is 2.42. The first kappa shape index (κ1) is 11.6. The van der Waals surface area contributed by atoms with Crippen LogP contribution in [0.4, 0.5) is 5.69 Å². The third kappa shape index (κ3) is 2.46. The molecule has 4 nitrogen and oxygen atoms in total. The molecule has 1 atom stereocenters. The summed E-state index contributed by atoms with van der Waals surface area (Å²) < 4.78 is 0. The predicted octanol–water partition coefficient (Wildman–Crippen LogP) is 2.44. The van der Waals surface area contributed by atoms with Gasteiger partial charge in [0, 0.05) is 36.0 Å². The minimum atomic E-state index is -0.237. The smallest absolute Gasteiger partial charge is 0.204 e. The molecule has 2 rings (SSSR count). The lowest BCUT2D eigenvalue weighted by Gasteiger charge is -2.17. The summed E-state index contributed by atoms with van der Waals surface area (Å²) >= 11 is 0. The van der Waals surface area contributed by atoms with Gasteiger partial charge in [-0.25, -0.2) is 0 Å². The van der Waals surface area contributed by atoms with E-state index in [4.69, 9.17) is 0 Å². The van der Waals surface area contributed by atoms with Gasteiger partial charge in [-0.15, -0.1) is 6.58 Å². The summed E-state index contributed by atoms with van der Waals surface area (Å²) in [6.45, 7) is 5.45. The Labute approximate surface area is 101 Å². The third-order valence-electron chi connectivity index (χ3n) is 3.17. The van der Waals surface area contributed by atoms with Gasteiger partial charge in [-0.2, -0.15) is 0 Å². The Hall–Kier alpha value is -1.84. The van der Waals surface area contributed by atoms with E-state index < -0.39 is 0 Å². The summed E-state index contributed by atoms with van der Waals surface area (Å²) in [5.41, 5.74) is 2.43. The first-order valence-corrected chi connectivity index (χ1v) is 5.79. The van der Waals surface area contributed by atoms with Crippen LogP contribution in [-0.2, 0) is 0 Å². The fourth-order valence-corrected chi connectivity index (χ4v) is 2.42. The molecule has 0 N–H and O–H groups in total. The average Bonchev–Trinajstić information content (AvgIpc) is 2.66. The van der Waals surface area contributed by atoms with Crippen molar-refractivity contribution in [3.05, 3.63) is 52.6 Å². The molecule has 1 aliphatic heterocycles. The molecule has 17 heavy (non-hydrogen) atoms. The van der Waals surface area contributed by atoms with Gasteiger partial charge in [-0.05, 0) is 11.6 Å². The number of fused-ring (bicyclic) bond motifs is 1. The van der Waals surface area contributed by atoms with Crippen molar-refractivity contribution in [1.29, 1.82) is 0 Å². The van der Waals surface area contributed by atoms with Crippen LogP contribution >= 0.6 is 0 Å². The fraction of sp³-hybridized carbons (Fsp3) is 0.385. The Morgan fingerprint density at radius 3 is 3.00 bits per heavy atom. The molecule has 0 amide bonds. The van der Waals surface area contributed by atoms with Gasteiger partial charge in [0.2, 0.25) is 6.54 Å². The zero-order valence-corrected chi connectivity index (χ0v) is 9.71. The Morgan fingerprint density at radius 2 is 2.29 bits per heavy atom. The molecule has 1 aliphatic rings. The Morgan fingerprint density at radius 1 is 1.53 bits per heavy atom. The van der Waals surface area contributed by atoms with Crippen molar-refractivity contribution >= 4 is 5.69 Å². The van der Waals surface area contributed by atoms with Crippen LogP contribution in [0.5, 0.6) is 0 Å². The molecule has 1 unspecified atom stereocenters. The van der Waals surface area contributed by atoms with Crippen LogP contribution in [0.15, 0.2) is 36.9 Å². The van der Waals surface area contributed by atoms with Crippen molar-refractivity contribution < 1.29 is 4.92 Å². The summed E-state index contributed by atoms with van der Waals surface area (Å²) in [6, 6.07) is 8.15. The van der Waals surface area contributed by atoms with Gasteiger partial charge in [0.25, 0.3) is 0 Å². The zero-order chi connectivity index (χ0) is 12.3. The summed E-state index contributed by atoms with van der Waals surface area (Å²) in [4.78, 5) is 12.4. The molecule has 0 fully saturated rings. The van der Waals surface area contributed by atoms with E-state index in [-0.39, 0.29) is 17.4 Å². The van der Waals surface area contributed by atoms with Gasteiger partial charge in [0.05, 0.1) is 0 Å². The van der Waals surface area contributed by atoms with Gasteiger partial charge in [-0.1, -0.05) is 24.3 Å². The number of rotatable bonds is 5. The van der Waals surface area contributed by atoms with E-state index in [9.17, 15) is 10.1 Å². The van der Waals surface area contributed by atoms with Crippen LogP contribution in [0.2, 0.25) is 0 Å². The molecule has 1 heterocycles. The van der Waals surface area contributed by atoms with Crippen LogP contribution in [-0.4, -0.2) is 24.6 Å². The Bertz CT molecular complexity index is 431. The van der Waals surface area contributed by atoms with E-state index in [1.165, 1.54) is 11.3 Å². The molecule has 0 saturated carbocycles. The second-order valence-electron chi connectivity index (χ2n) is 4.29. The Kier molecular flexibility index (Phi) is 3.42. The molecule has 1 aromatic carbocycles. The second kappa shape index (κ2) is 4.99. The predicted molar refractivity (Wildman–Crippen MR) is 68.1 cm³/mol. The van der Waals surface area contributed by atoms with Crippen LogP contribution in [0.25, 0.3) is 0 Å². The van der Waals surface area contributed by atoms with Crippen molar-refractivity contribution in [3.63, 3.8) is 0 Å². The molecule has 0 aromatic heterocycles. The lowest BCUT2D eigenvalue weighted by atomic mass is 9.98. The lowest BCUT2D eigenvalue weighted by Crippen LogP contribution is -2.22. The van der Waals surface area contributed by atoms with Gasteiger partial charge >= 0.3 is 0 Å². The summed E-state index contributed by atoms with van der Waals surface area (Å²) in [7, 11) is 0. The highest BCUT2D eigenvalue weighted by molar-refractivity contribution is 5.60. The molecule has 1 aromatic rings. The minimum absolute atomic E-state index is 0.0426. The zero-order valence-electron chi connectivity index (χ0n) is 9.71. The summed E-state index contributed by atoms with van der Waals surface area (Å²) in [6.07, 6.45) is 2.48. The summed E-state index contributed by atoms with van der Waals surface area (Å²) in [5, 5.41) is 10.5. The normalized spacial score (nSPS) is 17.9. The highest BCUT2D eigenvalue weighted by atomic mass is 16.6. The molecular weight excluding hydrogens is 216 g/mol. The van der Waals surface area contributed by atoms with E-state index in [0.29, 0.717) is 6.42 Å². The topological polar surface area (TPSA) is 46.4 Å². The van der Waals surface area contributed by atoms with Gasteiger partial charge < -0.3 is 4.90 Å². The van der Waals surface area contributed by atoms with Gasteiger partial charge in [0.15, 0.2) is 0 Å². The van der Waals surface area contributed by atoms with Crippen molar-refractivity contribution in [2.24, 2.45) is 0 Å². The SMILES string of the molecule is C=CCN1CC(CC[N+](=O)[O-])c2ccccc21. The van der Waals surface area contributed by atoms with Crippen molar-refractivity contribution in [3.8, 4) is 0 Å². The highest BCUT2D eigenvalue weighted by Crippen LogP contribution is 2.37. The minimum Gasteiger partial charge on any atom is -0.367 e. The number of hydrogen-bond acceptors (Lipinski definition) is 3. The molecule has 0 bridgehead atoms. The van der Waals surface area contributed by atoms with Crippen LogP contribution in [0.3, 0.4) is 0 Å². The molecule has 0 aliphatic carbocycles. The van der Waals surface area contributed by atoms with Crippen LogP contribution in [0.1, 0.15) is 17.9 Å². The molecule has 90 valence electrons. The van der Waals surface area contributed by atoms with E-state index in [1.54, 1.807) is 0 Å². The van der Waals surface area contributed by atoms with Crippen molar-refractivity contribution in [1.82, 2.24) is 0 Å². The average molecular weight is 232 g/mol. The number of para-hydroxylation sites is 1. The van der Waals surface area contributed by atoms with Crippen LogP contribution < -0.4 is 4.90 Å². The quantitative estimate of drug-likeness (QED) is 0.445. The van der Waals surface area contributed by atoms with E-state index in [1.807, 2.05) is 18.2 Å². The van der Waals surface area contributed by atoms with E-state index in [2.05, 4.69) is 23.6 Å². The van der Waals surface area contributed by atoms with E-state index in [0.717, 1.165) is 13.1 Å². The molecule has 4 heteroatoms. The maximum Gasteiger partial charge on any atom is 0.204 e. The third-order valence-corrected chi connectivity index (χ3v) is 3.17. The number of benzene rings is 1. The molecule has 0 spiro atoms. The maximum atomic E-state index is 10.5. The van der Waals surface area contributed by atoms with Crippen LogP contribution in [0, 0.1) is 10.1 Å². The van der Waals surface area contributed by atoms with Crippen molar-refractivity contribution in [2.75, 3.05) is 24.5 Å². The van der Waals surface area contributed by atoms with Gasteiger partial charge in [-0.3, -0.25) is 10.1 Å². The van der Waals surface area contributed by atoms with Gasteiger partial charge in [0.1, 0.15) is 0 Å². The monoisotopic (exact) mass is 232 g/mol. The first-order chi connectivity index (χ1) is 8.22. The molecule has 0 saturated heterocycles. The number of anilines is 1. The number of nitrogens with zero attached hydrogens (tertiary/aromatic N) is 2. The first-order valence-electron chi connectivity index (χ1n) is 5.79. The summed E-state index contributed by atoms with van der Waals surface area (Å²) in [5.74, 6) is 0.275. The largest absolute Gasteiger partial charge is 0.367 e. The number of nitro groups is 1. The second-order valence-corrected chi connectivity index (χ2v) is 4.29. The lowest BCUT2D eigenvalue weighted by molar-refractivity contribution is -0.480. The molecule has 0 radical (unpaired) electrons. The van der Waals surface area contributed by atoms with E-state index >= 15 is 0 Å². The van der Waals surface area contributed by atoms with Crippen molar-refractivity contribution in [2.45, 2.75) is 12.3 Å².